The van der Waals surface area contributed by atoms with E-state index in [1.807, 2.05) is 31.1 Å². The van der Waals surface area contributed by atoms with Crippen LogP contribution in [0, 0.1) is 13.8 Å². The van der Waals surface area contributed by atoms with E-state index in [9.17, 15) is 5.11 Å². The molecule has 0 atom stereocenters. The number of nitrogens with one attached hydrogen (secondary N) is 1. The summed E-state index contributed by atoms with van der Waals surface area (Å²) < 4.78 is 0. The second-order valence-electron chi connectivity index (χ2n) is 5.77. The highest BCUT2D eigenvalue weighted by Crippen LogP contribution is 2.35. The second kappa shape index (κ2) is 5.93. The first-order valence-electron chi connectivity index (χ1n) is 7.07. The van der Waals surface area contributed by atoms with Crippen LogP contribution in [0.15, 0.2) is 36.4 Å². The third-order valence-electron chi connectivity index (χ3n) is 3.96. The number of nitrogens with zero attached hydrogens (tertiary/aromatic N) is 1. The Morgan fingerprint density at radius 3 is 2.41 bits per heavy atom. The number of phenolic OH excluding ortho intramolecular Hbond substituents is 1. The number of aromatic amines is 1. The van der Waals surface area contributed by atoms with Crippen LogP contribution in [0.25, 0.3) is 22.2 Å². The molecule has 4 heteroatoms. The normalized spacial score (nSPS) is 10.5. The lowest BCUT2D eigenvalue weighted by molar-refractivity contribution is 0.476. The Morgan fingerprint density at radius 2 is 1.73 bits per heavy atom. The number of H-pyrrole nitrogens is 1. The molecule has 0 aliphatic carbocycles. The van der Waals surface area contributed by atoms with E-state index < -0.39 is 0 Å². The van der Waals surface area contributed by atoms with E-state index in [1.165, 1.54) is 16.5 Å². The van der Waals surface area contributed by atoms with Gasteiger partial charge in [0.15, 0.2) is 0 Å². The fraction of sp³-hybridized carbons (Fsp3) is 0.222. The topological polar surface area (TPSA) is 39.3 Å². The van der Waals surface area contributed by atoms with Gasteiger partial charge in [-0.25, -0.2) is 0 Å². The molecule has 0 saturated carbocycles. The van der Waals surface area contributed by atoms with Crippen LogP contribution in [0.2, 0.25) is 0 Å². The number of anilines is 1. The van der Waals surface area contributed by atoms with E-state index >= 15 is 0 Å². The molecule has 0 aliphatic rings. The molecule has 0 spiro atoms. The number of rotatable bonds is 2. The van der Waals surface area contributed by atoms with Gasteiger partial charge in [0.05, 0.1) is 5.69 Å². The Morgan fingerprint density at radius 1 is 1.00 bits per heavy atom. The van der Waals surface area contributed by atoms with Gasteiger partial charge in [0.25, 0.3) is 0 Å². The van der Waals surface area contributed by atoms with Gasteiger partial charge in [-0.1, -0.05) is 11.6 Å². The van der Waals surface area contributed by atoms with Gasteiger partial charge in [0.1, 0.15) is 5.75 Å². The van der Waals surface area contributed by atoms with Crippen molar-refractivity contribution in [2.45, 2.75) is 13.8 Å². The maximum Gasteiger partial charge on any atom is 0.138 e. The summed E-state index contributed by atoms with van der Waals surface area (Å²) in [5.41, 5.74) is 6.66. The van der Waals surface area contributed by atoms with Crippen LogP contribution in [0.3, 0.4) is 0 Å². The monoisotopic (exact) mass is 316 g/mol. The first kappa shape index (κ1) is 16.2. The average Bonchev–Trinajstić information content (AvgIpc) is 2.76. The van der Waals surface area contributed by atoms with E-state index in [0.29, 0.717) is 5.75 Å². The summed E-state index contributed by atoms with van der Waals surface area (Å²) in [4.78, 5) is 5.41. The van der Waals surface area contributed by atoms with Crippen molar-refractivity contribution in [1.82, 2.24) is 4.98 Å². The van der Waals surface area contributed by atoms with Gasteiger partial charge >= 0.3 is 0 Å². The van der Waals surface area contributed by atoms with Crippen LogP contribution in [0.1, 0.15) is 11.1 Å². The molecule has 1 aromatic heterocycles. The minimum absolute atomic E-state index is 0. The minimum Gasteiger partial charge on any atom is -0.506 e. The van der Waals surface area contributed by atoms with Crippen molar-refractivity contribution in [3.8, 4) is 17.0 Å². The number of hydrogen-bond acceptors (Lipinski definition) is 2. The number of halogens is 1. The molecule has 0 saturated heterocycles. The highest BCUT2D eigenvalue weighted by Gasteiger charge is 2.12. The smallest absolute Gasteiger partial charge is 0.138 e. The number of aromatic hydroxyl groups is 1. The summed E-state index contributed by atoms with van der Waals surface area (Å²) >= 11 is 0. The second-order valence-corrected chi connectivity index (χ2v) is 5.77. The number of benzene rings is 2. The van der Waals surface area contributed by atoms with Crippen molar-refractivity contribution in [2.24, 2.45) is 0 Å². The number of aromatic nitrogens is 1. The van der Waals surface area contributed by atoms with Crippen molar-refractivity contribution < 1.29 is 5.11 Å². The van der Waals surface area contributed by atoms with Gasteiger partial charge < -0.3 is 15.0 Å². The first-order chi connectivity index (χ1) is 9.97. The summed E-state index contributed by atoms with van der Waals surface area (Å²) in [7, 11) is 3.86. The molecule has 3 aromatic rings. The summed E-state index contributed by atoms with van der Waals surface area (Å²) in [5, 5.41) is 11.2. The Hall–Kier alpha value is -2.13. The molecule has 0 fully saturated rings. The number of aryl methyl sites for hydroxylation is 2. The van der Waals surface area contributed by atoms with Crippen LogP contribution in [-0.4, -0.2) is 24.2 Å². The Balaban J connectivity index is 0.00000176. The van der Waals surface area contributed by atoms with E-state index in [2.05, 4.69) is 37.0 Å². The summed E-state index contributed by atoms with van der Waals surface area (Å²) in [6.45, 7) is 4.24. The van der Waals surface area contributed by atoms with E-state index in [1.54, 1.807) is 6.07 Å². The molecule has 1 heterocycles. The van der Waals surface area contributed by atoms with Crippen LogP contribution < -0.4 is 4.90 Å². The fourth-order valence-corrected chi connectivity index (χ4v) is 2.77. The van der Waals surface area contributed by atoms with E-state index in [-0.39, 0.29) is 12.4 Å². The van der Waals surface area contributed by atoms with Crippen molar-refractivity contribution >= 4 is 29.0 Å². The standard InChI is InChI=1S/C18H20N2O.ClH/c1-11-5-7-15-14(9-11)12(2)18(19-15)13-6-8-17(21)16(10-13)20(3)4;/h5-10,19,21H,1-4H3;1H. The molecule has 0 bridgehead atoms. The fourth-order valence-electron chi connectivity index (χ4n) is 2.77. The zero-order chi connectivity index (χ0) is 15.1. The Bertz CT molecular complexity index is 821. The van der Waals surface area contributed by atoms with Crippen LogP contribution in [0.4, 0.5) is 5.69 Å². The van der Waals surface area contributed by atoms with E-state index in [4.69, 9.17) is 0 Å². The molecule has 22 heavy (non-hydrogen) atoms. The third kappa shape index (κ3) is 2.64. The quantitative estimate of drug-likeness (QED) is 0.722. The predicted molar refractivity (Wildman–Crippen MR) is 96.4 cm³/mol. The zero-order valence-corrected chi connectivity index (χ0v) is 14.1. The third-order valence-corrected chi connectivity index (χ3v) is 3.96. The van der Waals surface area contributed by atoms with Crippen molar-refractivity contribution in [3.05, 3.63) is 47.5 Å². The van der Waals surface area contributed by atoms with Crippen LogP contribution in [0.5, 0.6) is 5.75 Å². The van der Waals surface area contributed by atoms with Gasteiger partial charge in [-0.15, -0.1) is 12.4 Å². The van der Waals surface area contributed by atoms with Crippen LogP contribution in [-0.2, 0) is 0 Å². The molecule has 2 N–H and O–H groups in total. The molecule has 0 radical (unpaired) electrons. The molecule has 3 rings (SSSR count). The number of fused-ring (bicyclic) bond motifs is 1. The number of hydrogen-bond donors (Lipinski definition) is 2. The summed E-state index contributed by atoms with van der Waals surface area (Å²) in [5.74, 6) is 0.299. The van der Waals surface area contributed by atoms with Gasteiger partial charge in [-0.2, -0.15) is 0 Å². The maximum absolute atomic E-state index is 9.95. The molecule has 116 valence electrons. The maximum atomic E-state index is 9.95. The Labute approximate surface area is 137 Å². The van der Waals surface area contributed by atoms with Gasteiger partial charge in [0.2, 0.25) is 0 Å². The predicted octanol–water partition coefficient (Wildman–Crippen LogP) is 4.65. The first-order valence-corrected chi connectivity index (χ1v) is 7.07. The highest BCUT2D eigenvalue weighted by molar-refractivity contribution is 5.91. The molecule has 0 unspecified atom stereocenters. The van der Waals surface area contributed by atoms with Crippen molar-refractivity contribution in [3.63, 3.8) is 0 Å². The lowest BCUT2D eigenvalue weighted by atomic mass is 10.0. The molecule has 0 aliphatic heterocycles. The molecule has 0 amide bonds. The molecule has 3 nitrogen and oxygen atoms in total. The average molecular weight is 317 g/mol. The number of phenols is 1. The molecule has 2 aromatic carbocycles. The zero-order valence-electron chi connectivity index (χ0n) is 13.3. The van der Waals surface area contributed by atoms with Crippen molar-refractivity contribution in [1.29, 1.82) is 0 Å². The van der Waals surface area contributed by atoms with Gasteiger partial charge in [0, 0.05) is 36.3 Å². The Kier molecular flexibility index (Phi) is 4.38. The lowest BCUT2D eigenvalue weighted by Crippen LogP contribution is -2.08. The highest BCUT2D eigenvalue weighted by atomic mass is 35.5. The lowest BCUT2D eigenvalue weighted by Gasteiger charge is -2.15. The van der Waals surface area contributed by atoms with E-state index in [0.717, 1.165) is 22.5 Å². The van der Waals surface area contributed by atoms with Gasteiger partial charge in [-0.05, 0) is 49.7 Å². The van der Waals surface area contributed by atoms with Crippen LogP contribution >= 0.6 is 12.4 Å². The molecular weight excluding hydrogens is 296 g/mol. The van der Waals surface area contributed by atoms with Crippen molar-refractivity contribution in [2.75, 3.05) is 19.0 Å². The summed E-state index contributed by atoms with van der Waals surface area (Å²) in [6.07, 6.45) is 0. The minimum atomic E-state index is 0. The largest absolute Gasteiger partial charge is 0.506 e. The van der Waals surface area contributed by atoms with Gasteiger partial charge in [-0.3, -0.25) is 0 Å². The summed E-state index contributed by atoms with van der Waals surface area (Å²) in [6, 6.07) is 12.2. The SMILES string of the molecule is Cc1ccc2[nH]c(-c3ccc(O)c(N(C)C)c3)c(C)c2c1.Cl. The molecular formula is C18H21ClN2O.